The van der Waals surface area contributed by atoms with E-state index >= 15 is 0 Å². The van der Waals surface area contributed by atoms with E-state index in [4.69, 9.17) is 15.5 Å². The van der Waals surface area contributed by atoms with E-state index in [1.807, 2.05) is 6.92 Å². The Bertz CT molecular complexity index is 1340. The van der Waals surface area contributed by atoms with Gasteiger partial charge in [-0.2, -0.15) is 0 Å². The third-order valence-corrected chi connectivity index (χ3v) is 11.5. The number of nitrogens with two attached hydrogens (primary N) is 1. The van der Waals surface area contributed by atoms with Crippen molar-refractivity contribution in [2.24, 2.45) is 51.1 Å². The molecule has 40 heavy (non-hydrogen) atoms. The predicted octanol–water partition coefficient (Wildman–Crippen LogP) is 5.68. The number of aliphatic imine (C=N–C) groups is 1. The summed E-state index contributed by atoms with van der Waals surface area (Å²) in [6.45, 7) is 6.50. The second-order valence-corrected chi connectivity index (χ2v) is 13.8. The average molecular weight is 567 g/mol. The molecule has 0 heterocycles. The summed E-state index contributed by atoms with van der Waals surface area (Å²) in [4.78, 5) is 30.8. The molecule has 0 amide bonds. The Kier molecular flexibility index (Phi) is 6.61. The van der Waals surface area contributed by atoms with Gasteiger partial charge < -0.3 is 15.6 Å². The Balaban J connectivity index is 1.38. The number of esters is 1. The fourth-order valence-electron chi connectivity index (χ4n) is 9.15. The third-order valence-electron chi connectivity index (χ3n) is 11.1. The number of nitrogens with zero attached hydrogens (tertiary/aromatic N) is 1. The molecule has 8 heteroatoms. The molecule has 4 fully saturated rings. The first-order valence-corrected chi connectivity index (χ1v) is 15.0. The average Bonchev–Trinajstić information content (AvgIpc) is 3.70. The minimum atomic E-state index is -1.31. The summed E-state index contributed by atoms with van der Waals surface area (Å²) in [6, 6.07) is 6.10. The molecule has 6 nitrogen and oxygen atoms in total. The van der Waals surface area contributed by atoms with Crippen molar-refractivity contribution in [3.8, 4) is 0 Å². The molecule has 8 unspecified atom stereocenters. The zero-order valence-electron chi connectivity index (χ0n) is 23.4. The highest BCUT2D eigenvalue weighted by Crippen LogP contribution is 2.69. The van der Waals surface area contributed by atoms with E-state index in [9.17, 15) is 19.1 Å². The van der Waals surface area contributed by atoms with Gasteiger partial charge in [0.1, 0.15) is 5.82 Å². The first-order chi connectivity index (χ1) is 18.9. The predicted molar refractivity (Wildman–Crippen MR) is 154 cm³/mol. The first kappa shape index (κ1) is 27.7. The normalized spacial score (nSPS) is 42.5. The zero-order chi connectivity index (χ0) is 28.6. The standard InChI is InChI=1S/C32H39FN2O4S/c1-17-12-22-23-10-11-32(29(38)40,39-28(37)18-4-5-18)31(23,3)15-26(36)27(22)30(2)14-19(16-34)25(13-24(17)30)35-21-8-6-20(33)7-9-21/h6-9,13,16-18,22-23,26-27,36H,4-5,10-12,14-15,34H2,1-3H3,(H,38,40). The molecule has 0 spiro atoms. The summed E-state index contributed by atoms with van der Waals surface area (Å²) in [6.07, 6.45) is 7.72. The minimum absolute atomic E-state index is 0.0414. The van der Waals surface area contributed by atoms with Crippen molar-refractivity contribution in [3.63, 3.8) is 0 Å². The fraction of sp³-hybridized carbons (Fsp3) is 0.594. The summed E-state index contributed by atoms with van der Waals surface area (Å²) >= 11 is 4.29. The van der Waals surface area contributed by atoms with Gasteiger partial charge in [0.05, 0.1) is 23.4 Å². The van der Waals surface area contributed by atoms with Crippen LogP contribution in [0.15, 0.2) is 52.7 Å². The molecule has 4 saturated carbocycles. The molecule has 1 aromatic carbocycles. The number of rotatable bonds is 4. The van der Waals surface area contributed by atoms with E-state index in [1.165, 1.54) is 17.7 Å². The van der Waals surface area contributed by atoms with Crippen LogP contribution in [0.1, 0.15) is 65.7 Å². The maximum absolute atomic E-state index is 13.5. The highest BCUT2D eigenvalue weighted by atomic mass is 32.1. The zero-order valence-corrected chi connectivity index (χ0v) is 24.3. The summed E-state index contributed by atoms with van der Waals surface area (Å²) in [5, 5.41) is 11.5. The SMILES string of the molecule is CC1CC2C(C(O)CC3(C)C2CCC3(OC(=O)C2CC2)C(=O)S)C2(C)CC(=CN)C(=Nc3ccc(F)cc3)C=C12. The number of benzene rings is 1. The molecular weight excluding hydrogens is 527 g/mol. The molecular formula is C32H39FN2O4S. The highest BCUT2D eigenvalue weighted by molar-refractivity contribution is 7.96. The van der Waals surface area contributed by atoms with E-state index < -0.39 is 22.2 Å². The van der Waals surface area contributed by atoms with Gasteiger partial charge in [0, 0.05) is 5.41 Å². The molecule has 0 aromatic heterocycles. The van der Waals surface area contributed by atoms with E-state index in [0.717, 1.165) is 37.0 Å². The van der Waals surface area contributed by atoms with Crippen LogP contribution in [-0.4, -0.2) is 33.6 Å². The number of aliphatic hydroxyl groups is 1. The van der Waals surface area contributed by atoms with Gasteiger partial charge in [-0.25, -0.2) is 9.38 Å². The van der Waals surface area contributed by atoms with Gasteiger partial charge in [0.25, 0.3) is 0 Å². The lowest BCUT2D eigenvalue weighted by Gasteiger charge is -2.62. The van der Waals surface area contributed by atoms with Crippen molar-refractivity contribution >= 4 is 35.1 Å². The smallest absolute Gasteiger partial charge is 0.309 e. The van der Waals surface area contributed by atoms with Crippen LogP contribution < -0.4 is 5.73 Å². The second-order valence-electron chi connectivity index (χ2n) is 13.3. The van der Waals surface area contributed by atoms with Crippen molar-refractivity contribution in [1.82, 2.24) is 0 Å². The lowest BCUT2D eigenvalue weighted by atomic mass is 9.44. The Morgan fingerprint density at radius 3 is 2.52 bits per heavy atom. The number of halogens is 1. The Labute approximate surface area is 240 Å². The van der Waals surface area contributed by atoms with Gasteiger partial charge >= 0.3 is 5.97 Å². The molecule has 5 aliphatic carbocycles. The van der Waals surface area contributed by atoms with E-state index in [2.05, 4.69) is 32.6 Å². The number of thiol groups is 1. The summed E-state index contributed by atoms with van der Waals surface area (Å²) in [5.74, 6) is -0.290. The quantitative estimate of drug-likeness (QED) is 0.322. The molecule has 0 bridgehead atoms. The van der Waals surface area contributed by atoms with Gasteiger partial charge in [0.15, 0.2) is 5.60 Å². The number of allylic oxidation sites excluding steroid dienone is 3. The molecule has 0 saturated heterocycles. The second kappa shape index (κ2) is 9.55. The van der Waals surface area contributed by atoms with Crippen molar-refractivity contribution < 1.29 is 23.8 Å². The van der Waals surface area contributed by atoms with Crippen LogP contribution in [-0.2, 0) is 14.3 Å². The van der Waals surface area contributed by atoms with Gasteiger partial charge in [-0.15, -0.1) is 12.6 Å². The number of hydrogen-bond donors (Lipinski definition) is 3. The van der Waals surface area contributed by atoms with Crippen LogP contribution in [0.25, 0.3) is 0 Å². The van der Waals surface area contributed by atoms with Crippen LogP contribution in [0.5, 0.6) is 0 Å². The summed E-state index contributed by atoms with van der Waals surface area (Å²) < 4.78 is 19.6. The molecule has 214 valence electrons. The number of carbonyl (C=O) groups excluding carboxylic acids is 2. The molecule has 5 aliphatic rings. The molecule has 3 N–H and O–H groups in total. The van der Waals surface area contributed by atoms with Crippen LogP contribution >= 0.6 is 12.6 Å². The van der Waals surface area contributed by atoms with Crippen LogP contribution in [0, 0.1) is 46.2 Å². The summed E-state index contributed by atoms with van der Waals surface area (Å²) in [5.41, 5.74) is 7.38. The number of ether oxygens (including phenoxy) is 1. The molecule has 0 aliphatic heterocycles. The first-order valence-electron chi connectivity index (χ1n) is 14.6. The molecule has 1 aromatic rings. The maximum atomic E-state index is 13.5. The lowest BCUT2D eigenvalue weighted by Crippen LogP contribution is -2.63. The summed E-state index contributed by atoms with van der Waals surface area (Å²) in [7, 11) is 0. The minimum Gasteiger partial charge on any atom is -0.449 e. The van der Waals surface area contributed by atoms with Crippen molar-refractivity contribution in [2.75, 3.05) is 0 Å². The van der Waals surface area contributed by atoms with Crippen LogP contribution in [0.4, 0.5) is 10.1 Å². The highest BCUT2D eigenvalue weighted by Gasteiger charge is 2.71. The Hall–Kier alpha value is -2.45. The Morgan fingerprint density at radius 1 is 1.20 bits per heavy atom. The number of aliphatic hydroxyl groups excluding tert-OH is 1. The van der Waals surface area contributed by atoms with E-state index in [1.54, 1.807) is 18.3 Å². The maximum Gasteiger partial charge on any atom is 0.309 e. The molecule has 6 rings (SSSR count). The van der Waals surface area contributed by atoms with Crippen LogP contribution in [0.3, 0.4) is 0 Å². The van der Waals surface area contributed by atoms with Crippen molar-refractivity contribution in [2.45, 2.75) is 77.4 Å². The molecule has 8 atom stereocenters. The fourth-order valence-corrected chi connectivity index (χ4v) is 9.57. The largest absolute Gasteiger partial charge is 0.449 e. The monoisotopic (exact) mass is 566 g/mol. The third kappa shape index (κ3) is 4.04. The van der Waals surface area contributed by atoms with Crippen molar-refractivity contribution in [1.29, 1.82) is 0 Å². The van der Waals surface area contributed by atoms with E-state index in [-0.39, 0.29) is 46.8 Å². The van der Waals surface area contributed by atoms with E-state index in [0.29, 0.717) is 24.9 Å². The lowest BCUT2D eigenvalue weighted by molar-refractivity contribution is -0.198. The number of carbonyl (C=O) groups is 2. The Morgan fingerprint density at radius 2 is 1.90 bits per heavy atom. The van der Waals surface area contributed by atoms with Crippen LogP contribution in [0.2, 0.25) is 0 Å². The number of fused-ring (bicyclic) bond motifs is 5. The number of hydrogen-bond acceptors (Lipinski definition) is 6. The van der Waals surface area contributed by atoms with Gasteiger partial charge in [-0.3, -0.25) is 9.59 Å². The topological polar surface area (TPSA) is 102 Å². The molecule has 0 radical (unpaired) electrons. The van der Waals surface area contributed by atoms with Gasteiger partial charge in [0.2, 0.25) is 5.12 Å². The van der Waals surface area contributed by atoms with Gasteiger partial charge in [-0.05, 0) is 116 Å². The van der Waals surface area contributed by atoms with Crippen molar-refractivity contribution in [3.05, 3.63) is 53.5 Å². The van der Waals surface area contributed by atoms with Gasteiger partial charge in [-0.1, -0.05) is 26.3 Å².